The summed E-state index contributed by atoms with van der Waals surface area (Å²) in [5.41, 5.74) is -0.344. The minimum atomic E-state index is -1.17. The molecule has 3 aromatic rings. The Morgan fingerprint density at radius 3 is 2.68 bits per heavy atom. The second-order valence-electron chi connectivity index (χ2n) is 6.55. The number of nitrogens with zero attached hydrogens (tertiary/aromatic N) is 1. The van der Waals surface area contributed by atoms with Crippen LogP contribution in [0.1, 0.15) is 34.3 Å². The predicted octanol–water partition coefficient (Wildman–Crippen LogP) is 2.66. The number of anilines is 1. The van der Waals surface area contributed by atoms with E-state index in [1.165, 1.54) is 18.4 Å². The van der Waals surface area contributed by atoms with Gasteiger partial charge in [-0.1, -0.05) is 0 Å². The molecule has 9 nitrogen and oxygen atoms in total. The fraction of sp³-hybridized carbons (Fsp3) is 0.238. The number of hydrogen-bond acceptors (Lipinski definition) is 9. The standard InChI is InChI=1S/C21H21N3O6S/c1-12-11-15(25)19(28)20(30-12)17(18(27)13-3-5-14(29-2)6-4-13)22-8-7-16(26)24-21-23-9-10-31-21/h3-6,9-11,17,22,28H,7-8H2,1-2H3,(H,23,24,26). The van der Waals surface area contributed by atoms with E-state index >= 15 is 0 Å². The second kappa shape index (κ2) is 10.0. The third-order valence-electron chi connectivity index (χ3n) is 4.35. The summed E-state index contributed by atoms with van der Waals surface area (Å²) in [7, 11) is 1.51. The smallest absolute Gasteiger partial charge is 0.227 e. The minimum absolute atomic E-state index is 0.0305. The topological polar surface area (TPSA) is 131 Å². The summed E-state index contributed by atoms with van der Waals surface area (Å²) in [6.45, 7) is 1.63. The van der Waals surface area contributed by atoms with Gasteiger partial charge in [-0.25, -0.2) is 4.98 Å². The third-order valence-corrected chi connectivity index (χ3v) is 5.04. The van der Waals surface area contributed by atoms with E-state index in [4.69, 9.17) is 9.15 Å². The number of Topliss-reactive ketones (excluding diaryl/α,β-unsaturated/α-hetero) is 1. The molecule has 0 fully saturated rings. The van der Waals surface area contributed by atoms with Gasteiger partial charge in [0.05, 0.1) is 7.11 Å². The van der Waals surface area contributed by atoms with Gasteiger partial charge in [0.1, 0.15) is 17.6 Å². The molecule has 2 heterocycles. The molecular weight excluding hydrogens is 422 g/mol. The number of thiazole rings is 1. The maximum absolute atomic E-state index is 13.2. The lowest BCUT2D eigenvalue weighted by Gasteiger charge is -2.18. The first-order valence-electron chi connectivity index (χ1n) is 9.33. The van der Waals surface area contributed by atoms with Gasteiger partial charge in [-0.2, -0.15) is 0 Å². The van der Waals surface area contributed by atoms with Crippen molar-refractivity contribution in [3.05, 3.63) is 69.2 Å². The Bertz CT molecular complexity index is 1110. The molecule has 162 valence electrons. The Hall–Kier alpha value is -3.50. The van der Waals surface area contributed by atoms with Gasteiger partial charge >= 0.3 is 0 Å². The summed E-state index contributed by atoms with van der Waals surface area (Å²) >= 11 is 1.29. The van der Waals surface area contributed by atoms with E-state index in [2.05, 4.69) is 15.6 Å². The van der Waals surface area contributed by atoms with E-state index < -0.39 is 23.0 Å². The van der Waals surface area contributed by atoms with Crippen molar-refractivity contribution in [2.24, 2.45) is 0 Å². The van der Waals surface area contributed by atoms with Gasteiger partial charge in [0.25, 0.3) is 0 Å². The predicted molar refractivity (Wildman–Crippen MR) is 115 cm³/mol. The van der Waals surface area contributed by atoms with Crippen molar-refractivity contribution >= 4 is 28.2 Å². The van der Waals surface area contributed by atoms with Crippen LogP contribution in [0.3, 0.4) is 0 Å². The fourth-order valence-corrected chi connectivity index (χ4v) is 3.39. The number of ketones is 1. The molecule has 1 atom stereocenters. The zero-order chi connectivity index (χ0) is 22.4. The highest BCUT2D eigenvalue weighted by Crippen LogP contribution is 2.26. The molecule has 3 rings (SSSR count). The van der Waals surface area contributed by atoms with Crippen molar-refractivity contribution in [1.29, 1.82) is 0 Å². The first kappa shape index (κ1) is 22.2. The zero-order valence-electron chi connectivity index (χ0n) is 16.9. The van der Waals surface area contributed by atoms with Gasteiger partial charge in [-0.3, -0.25) is 14.4 Å². The molecule has 1 amide bonds. The van der Waals surface area contributed by atoms with Crippen molar-refractivity contribution < 1.29 is 23.8 Å². The molecule has 3 N–H and O–H groups in total. The lowest BCUT2D eigenvalue weighted by atomic mass is 10.0. The highest BCUT2D eigenvalue weighted by atomic mass is 32.1. The Labute approximate surface area is 181 Å². The van der Waals surface area contributed by atoms with Crippen LogP contribution < -0.4 is 20.8 Å². The monoisotopic (exact) mass is 443 g/mol. The van der Waals surface area contributed by atoms with Crippen LogP contribution in [-0.2, 0) is 4.79 Å². The summed E-state index contributed by atoms with van der Waals surface area (Å²) in [5.74, 6) is -0.776. The zero-order valence-corrected chi connectivity index (χ0v) is 17.7. The number of rotatable bonds is 9. The third kappa shape index (κ3) is 5.56. The number of ether oxygens (including phenoxy) is 1. The van der Waals surface area contributed by atoms with Crippen LogP contribution in [0.4, 0.5) is 5.13 Å². The number of aromatic nitrogens is 1. The summed E-state index contributed by atoms with van der Waals surface area (Å²) in [6, 6.07) is 6.34. The molecule has 0 saturated heterocycles. The fourth-order valence-electron chi connectivity index (χ4n) is 2.84. The molecule has 0 radical (unpaired) electrons. The molecule has 0 aliphatic heterocycles. The minimum Gasteiger partial charge on any atom is -0.502 e. The Morgan fingerprint density at radius 2 is 2.03 bits per heavy atom. The van der Waals surface area contributed by atoms with Crippen LogP contribution in [0.25, 0.3) is 0 Å². The molecule has 0 spiro atoms. The highest BCUT2D eigenvalue weighted by molar-refractivity contribution is 7.13. The van der Waals surface area contributed by atoms with Gasteiger partial charge in [-0.15, -0.1) is 11.3 Å². The van der Waals surface area contributed by atoms with Crippen molar-refractivity contribution in [3.8, 4) is 11.5 Å². The molecule has 31 heavy (non-hydrogen) atoms. The second-order valence-corrected chi connectivity index (χ2v) is 7.44. The summed E-state index contributed by atoms with van der Waals surface area (Å²) < 4.78 is 10.6. The number of aromatic hydroxyl groups is 1. The average Bonchev–Trinajstić information content (AvgIpc) is 3.26. The van der Waals surface area contributed by atoms with Gasteiger partial charge in [0.2, 0.25) is 17.1 Å². The van der Waals surface area contributed by atoms with Gasteiger partial charge in [0.15, 0.2) is 16.7 Å². The van der Waals surface area contributed by atoms with Crippen molar-refractivity contribution in [2.75, 3.05) is 19.0 Å². The Morgan fingerprint density at radius 1 is 1.29 bits per heavy atom. The lowest BCUT2D eigenvalue weighted by molar-refractivity contribution is -0.116. The molecule has 0 bridgehead atoms. The van der Waals surface area contributed by atoms with Crippen LogP contribution in [0, 0.1) is 6.92 Å². The maximum Gasteiger partial charge on any atom is 0.227 e. The van der Waals surface area contributed by atoms with E-state index in [-0.39, 0.29) is 30.4 Å². The summed E-state index contributed by atoms with van der Waals surface area (Å²) in [5, 5.41) is 18.0. The normalized spacial score (nSPS) is 11.7. The quantitative estimate of drug-likeness (QED) is 0.430. The van der Waals surface area contributed by atoms with Gasteiger partial charge in [-0.05, 0) is 31.2 Å². The number of methoxy groups -OCH3 is 1. The Kier molecular flexibility index (Phi) is 7.16. The average molecular weight is 443 g/mol. The molecule has 0 aliphatic carbocycles. The lowest BCUT2D eigenvalue weighted by Crippen LogP contribution is -2.32. The largest absolute Gasteiger partial charge is 0.502 e. The molecular formula is C21H21N3O6S. The van der Waals surface area contributed by atoms with Crippen molar-refractivity contribution in [2.45, 2.75) is 19.4 Å². The number of hydrogen-bond donors (Lipinski definition) is 3. The number of nitrogens with one attached hydrogen (secondary N) is 2. The number of carbonyl (C=O) groups excluding carboxylic acids is 2. The van der Waals surface area contributed by atoms with Crippen LogP contribution in [-0.4, -0.2) is 35.4 Å². The molecule has 2 aromatic heterocycles. The van der Waals surface area contributed by atoms with Crippen LogP contribution in [0.15, 0.2) is 51.1 Å². The van der Waals surface area contributed by atoms with Crippen LogP contribution >= 0.6 is 11.3 Å². The number of aryl methyl sites for hydroxylation is 1. The summed E-state index contributed by atoms with van der Waals surface area (Å²) in [6.07, 6.45) is 1.60. The molecule has 0 saturated carbocycles. The van der Waals surface area contributed by atoms with E-state index in [1.54, 1.807) is 42.8 Å². The van der Waals surface area contributed by atoms with E-state index in [0.717, 1.165) is 6.07 Å². The van der Waals surface area contributed by atoms with E-state index in [1.807, 2.05) is 0 Å². The van der Waals surface area contributed by atoms with Crippen molar-refractivity contribution in [1.82, 2.24) is 10.3 Å². The van der Waals surface area contributed by atoms with E-state index in [9.17, 15) is 19.5 Å². The SMILES string of the molecule is COc1ccc(C(=O)C(NCCC(=O)Nc2nccs2)c2oc(C)cc(=O)c2O)cc1. The first-order chi connectivity index (χ1) is 14.9. The van der Waals surface area contributed by atoms with Crippen LogP contribution in [0.5, 0.6) is 11.5 Å². The molecule has 10 heteroatoms. The maximum atomic E-state index is 13.2. The number of benzene rings is 1. The number of amides is 1. The van der Waals surface area contributed by atoms with Gasteiger partial charge < -0.3 is 24.9 Å². The first-order valence-corrected chi connectivity index (χ1v) is 10.2. The van der Waals surface area contributed by atoms with Crippen LogP contribution in [0.2, 0.25) is 0 Å². The van der Waals surface area contributed by atoms with Crippen molar-refractivity contribution in [3.63, 3.8) is 0 Å². The summed E-state index contributed by atoms with van der Waals surface area (Å²) in [4.78, 5) is 41.3. The molecule has 1 unspecified atom stereocenters. The number of carbonyl (C=O) groups is 2. The highest BCUT2D eigenvalue weighted by Gasteiger charge is 2.28. The molecule has 0 aliphatic rings. The van der Waals surface area contributed by atoms with Gasteiger partial charge in [0, 0.05) is 36.2 Å². The van der Waals surface area contributed by atoms with E-state index in [0.29, 0.717) is 16.4 Å². The Balaban J connectivity index is 1.81. The molecule has 1 aromatic carbocycles.